The number of hydrogen-bond acceptors (Lipinski definition) is 5. The summed E-state index contributed by atoms with van der Waals surface area (Å²) in [5.74, 6) is 1.68. The average Bonchev–Trinajstić information content (AvgIpc) is 2.72. The van der Waals surface area contributed by atoms with Crippen LogP contribution in [0.25, 0.3) is 6.08 Å². The van der Waals surface area contributed by atoms with Crippen LogP contribution in [0.3, 0.4) is 0 Å². The molecule has 1 amide bonds. The average molecular weight is 385 g/mol. The molecule has 0 fully saturated rings. The Morgan fingerprint density at radius 3 is 2.46 bits per heavy atom. The highest BCUT2D eigenvalue weighted by atomic mass is 16.5. The summed E-state index contributed by atoms with van der Waals surface area (Å²) >= 11 is 0. The Hall–Kier alpha value is -2.99. The largest absolute Gasteiger partial charge is 0.493 e. The second-order valence-electron chi connectivity index (χ2n) is 5.96. The minimum absolute atomic E-state index is 0.0858. The van der Waals surface area contributed by atoms with Gasteiger partial charge in [-0.2, -0.15) is 0 Å². The number of hydrogen-bond donors (Lipinski definition) is 1. The van der Waals surface area contributed by atoms with Gasteiger partial charge in [-0.1, -0.05) is 30.4 Å². The van der Waals surface area contributed by atoms with E-state index in [4.69, 9.17) is 18.9 Å². The van der Waals surface area contributed by atoms with E-state index in [2.05, 4.69) is 5.32 Å². The van der Waals surface area contributed by atoms with E-state index in [0.717, 1.165) is 16.9 Å². The van der Waals surface area contributed by atoms with E-state index < -0.39 is 0 Å². The van der Waals surface area contributed by atoms with E-state index in [1.807, 2.05) is 55.5 Å². The smallest absolute Gasteiger partial charge is 0.258 e. The fourth-order valence-corrected chi connectivity index (χ4v) is 2.44. The lowest BCUT2D eigenvalue weighted by atomic mass is 10.2. The monoisotopic (exact) mass is 385 g/mol. The molecule has 0 heterocycles. The number of allylic oxidation sites excluding steroid dienone is 1. The number of carbonyl (C=O) groups is 1. The Labute approximate surface area is 166 Å². The van der Waals surface area contributed by atoms with Gasteiger partial charge < -0.3 is 24.3 Å². The van der Waals surface area contributed by atoms with Crippen molar-refractivity contribution in [2.45, 2.75) is 13.5 Å². The van der Waals surface area contributed by atoms with Crippen LogP contribution in [0, 0.1) is 0 Å². The summed E-state index contributed by atoms with van der Waals surface area (Å²) in [4.78, 5) is 12.1. The predicted octanol–water partition coefficient (Wildman–Crippen LogP) is 3.45. The quantitative estimate of drug-likeness (QED) is 0.600. The molecular formula is C22H27NO5. The van der Waals surface area contributed by atoms with Gasteiger partial charge in [0.25, 0.3) is 5.91 Å². The molecule has 0 unspecified atom stereocenters. The highest BCUT2D eigenvalue weighted by Gasteiger charge is 2.08. The lowest BCUT2D eigenvalue weighted by Crippen LogP contribution is -2.28. The second kappa shape index (κ2) is 11.7. The Kier molecular flexibility index (Phi) is 8.88. The third kappa shape index (κ3) is 6.96. The summed E-state index contributed by atoms with van der Waals surface area (Å²) in [6.07, 6.45) is 3.91. The van der Waals surface area contributed by atoms with Gasteiger partial charge in [0, 0.05) is 13.7 Å². The summed E-state index contributed by atoms with van der Waals surface area (Å²) in [6, 6.07) is 13.1. The summed E-state index contributed by atoms with van der Waals surface area (Å²) in [5.41, 5.74) is 1.98. The van der Waals surface area contributed by atoms with Crippen LogP contribution in [0.15, 0.2) is 48.5 Å². The SMILES string of the molecule is C/C=C/c1ccc(OCC(=O)NCc2ccc(OCCOC)cc2)c(OC)c1. The number of carbonyl (C=O) groups excluding carboxylic acids is 1. The first-order valence-corrected chi connectivity index (χ1v) is 9.07. The Morgan fingerprint density at radius 1 is 1.00 bits per heavy atom. The first-order valence-electron chi connectivity index (χ1n) is 9.07. The topological polar surface area (TPSA) is 66.0 Å². The van der Waals surface area contributed by atoms with Gasteiger partial charge in [-0.25, -0.2) is 0 Å². The maximum absolute atomic E-state index is 12.1. The van der Waals surface area contributed by atoms with Gasteiger partial charge >= 0.3 is 0 Å². The molecule has 28 heavy (non-hydrogen) atoms. The molecule has 2 rings (SSSR count). The maximum Gasteiger partial charge on any atom is 0.258 e. The van der Waals surface area contributed by atoms with Gasteiger partial charge in [-0.3, -0.25) is 4.79 Å². The normalized spacial score (nSPS) is 10.7. The summed E-state index contributed by atoms with van der Waals surface area (Å²) in [5, 5.41) is 2.83. The molecule has 0 saturated carbocycles. The van der Waals surface area contributed by atoms with Crippen LogP contribution in [0.1, 0.15) is 18.1 Å². The van der Waals surface area contributed by atoms with Crippen molar-refractivity contribution in [1.29, 1.82) is 0 Å². The fraction of sp³-hybridized carbons (Fsp3) is 0.318. The first kappa shape index (κ1) is 21.3. The molecule has 2 aromatic rings. The highest BCUT2D eigenvalue weighted by molar-refractivity contribution is 5.77. The molecule has 0 saturated heterocycles. The van der Waals surface area contributed by atoms with Crippen molar-refractivity contribution in [2.24, 2.45) is 0 Å². The van der Waals surface area contributed by atoms with E-state index >= 15 is 0 Å². The molecule has 0 bridgehead atoms. The minimum atomic E-state index is -0.208. The van der Waals surface area contributed by atoms with Crippen molar-refractivity contribution >= 4 is 12.0 Å². The first-order chi connectivity index (χ1) is 13.7. The van der Waals surface area contributed by atoms with Gasteiger partial charge in [-0.05, 0) is 42.3 Å². The van der Waals surface area contributed by atoms with Gasteiger partial charge in [0.05, 0.1) is 13.7 Å². The number of ether oxygens (including phenoxy) is 4. The summed E-state index contributed by atoms with van der Waals surface area (Å²) in [7, 11) is 3.21. The van der Waals surface area contributed by atoms with Gasteiger partial charge in [-0.15, -0.1) is 0 Å². The maximum atomic E-state index is 12.1. The van der Waals surface area contributed by atoms with Crippen molar-refractivity contribution in [3.05, 3.63) is 59.7 Å². The van der Waals surface area contributed by atoms with Crippen LogP contribution in [0.2, 0.25) is 0 Å². The Morgan fingerprint density at radius 2 is 1.79 bits per heavy atom. The van der Waals surface area contributed by atoms with Crippen molar-refractivity contribution in [3.63, 3.8) is 0 Å². The van der Waals surface area contributed by atoms with Gasteiger partial charge in [0.15, 0.2) is 18.1 Å². The zero-order valence-electron chi connectivity index (χ0n) is 16.6. The number of rotatable bonds is 11. The van der Waals surface area contributed by atoms with E-state index in [9.17, 15) is 4.79 Å². The van der Waals surface area contributed by atoms with Crippen LogP contribution in [0.5, 0.6) is 17.2 Å². The van der Waals surface area contributed by atoms with Crippen LogP contribution in [0.4, 0.5) is 0 Å². The number of benzene rings is 2. The zero-order chi connectivity index (χ0) is 20.2. The fourth-order valence-electron chi connectivity index (χ4n) is 2.44. The standard InChI is InChI=1S/C22H27NO5/c1-4-5-17-8-11-20(21(14-17)26-3)28-16-22(24)23-15-18-6-9-19(10-7-18)27-13-12-25-2/h4-11,14H,12-13,15-16H2,1-3H3,(H,23,24)/b5-4+. The minimum Gasteiger partial charge on any atom is -0.493 e. The second-order valence-corrected chi connectivity index (χ2v) is 5.96. The lowest BCUT2D eigenvalue weighted by molar-refractivity contribution is -0.123. The van der Waals surface area contributed by atoms with Crippen LogP contribution < -0.4 is 19.5 Å². The molecule has 6 heteroatoms. The van der Waals surface area contributed by atoms with Crippen LogP contribution >= 0.6 is 0 Å². The van der Waals surface area contributed by atoms with E-state index in [-0.39, 0.29) is 12.5 Å². The third-order valence-corrected chi connectivity index (χ3v) is 3.87. The van der Waals surface area contributed by atoms with Crippen molar-refractivity contribution in [3.8, 4) is 17.2 Å². The number of amides is 1. The van der Waals surface area contributed by atoms with E-state index in [1.54, 1.807) is 20.3 Å². The van der Waals surface area contributed by atoms with Crippen LogP contribution in [-0.2, 0) is 16.1 Å². The van der Waals surface area contributed by atoms with E-state index in [0.29, 0.717) is 31.3 Å². The molecule has 1 N–H and O–H groups in total. The molecule has 2 aromatic carbocycles. The van der Waals surface area contributed by atoms with Crippen LogP contribution in [-0.4, -0.2) is 39.9 Å². The molecule has 0 aromatic heterocycles. The summed E-state index contributed by atoms with van der Waals surface area (Å²) < 4.78 is 21.4. The molecule has 0 radical (unpaired) electrons. The molecule has 6 nitrogen and oxygen atoms in total. The van der Waals surface area contributed by atoms with Gasteiger partial charge in [0.1, 0.15) is 12.4 Å². The molecule has 0 spiro atoms. The number of nitrogens with one attached hydrogen (secondary N) is 1. The van der Waals surface area contributed by atoms with Crippen molar-refractivity contribution in [1.82, 2.24) is 5.32 Å². The Bertz CT molecular complexity index is 771. The third-order valence-electron chi connectivity index (χ3n) is 3.87. The van der Waals surface area contributed by atoms with Crippen molar-refractivity contribution in [2.75, 3.05) is 34.0 Å². The van der Waals surface area contributed by atoms with E-state index in [1.165, 1.54) is 0 Å². The molecule has 150 valence electrons. The molecule has 0 atom stereocenters. The lowest BCUT2D eigenvalue weighted by Gasteiger charge is -2.12. The highest BCUT2D eigenvalue weighted by Crippen LogP contribution is 2.28. The zero-order valence-corrected chi connectivity index (χ0v) is 16.6. The van der Waals surface area contributed by atoms with Gasteiger partial charge in [0.2, 0.25) is 0 Å². The number of methoxy groups -OCH3 is 2. The van der Waals surface area contributed by atoms with Crippen molar-refractivity contribution < 1.29 is 23.7 Å². The Balaban J connectivity index is 1.80. The predicted molar refractivity (Wildman–Crippen MR) is 109 cm³/mol. The molecule has 0 aliphatic rings. The summed E-state index contributed by atoms with van der Waals surface area (Å²) in [6.45, 7) is 3.32. The molecular weight excluding hydrogens is 358 g/mol. The molecule has 0 aliphatic carbocycles. The molecule has 0 aliphatic heterocycles.